The van der Waals surface area contributed by atoms with Crippen molar-refractivity contribution in [3.63, 3.8) is 0 Å². The molecule has 2 rings (SSSR count). The van der Waals surface area contributed by atoms with Crippen molar-refractivity contribution < 1.29 is 0 Å². The van der Waals surface area contributed by atoms with Crippen LogP contribution >= 0.6 is 15.9 Å². The Hall–Kier alpha value is -1.03. The highest BCUT2D eigenvalue weighted by Gasteiger charge is 2.39. The molecule has 1 aliphatic rings. The Morgan fingerprint density at radius 3 is 2.81 bits per heavy atom. The van der Waals surface area contributed by atoms with E-state index in [1.54, 1.807) is 7.05 Å². The number of guanidine groups is 1. The van der Waals surface area contributed by atoms with Gasteiger partial charge in [-0.1, -0.05) is 34.1 Å². The van der Waals surface area contributed by atoms with Gasteiger partial charge in [0.1, 0.15) is 0 Å². The molecule has 16 heavy (non-hydrogen) atoms. The maximum absolute atomic E-state index is 4.12. The van der Waals surface area contributed by atoms with Gasteiger partial charge in [-0.2, -0.15) is 0 Å². The first-order valence-corrected chi connectivity index (χ1v) is 6.21. The number of rotatable bonds is 2. The highest BCUT2D eigenvalue weighted by atomic mass is 79.9. The Kier molecular flexibility index (Phi) is 3.49. The summed E-state index contributed by atoms with van der Waals surface area (Å²) >= 11 is 3.59. The fourth-order valence-electron chi connectivity index (χ4n) is 1.90. The molecule has 0 aliphatic heterocycles. The number of benzene rings is 1. The van der Waals surface area contributed by atoms with E-state index < -0.39 is 0 Å². The maximum Gasteiger partial charge on any atom is 0.190 e. The zero-order valence-electron chi connectivity index (χ0n) is 9.50. The highest BCUT2D eigenvalue weighted by molar-refractivity contribution is 9.10. The van der Waals surface area contributed by atoms with Gasteiger partial charge in [0.2, 0.25) is 0 Å². The van der Waals surface area contributed by atoms with E-state index in [9.17, 15) is 0 Å². The third-order valence-corrected chi connectivity index (χ3v) is 3.60. The molecule has 1 saturated carbocycles. The van der Waals surface area contributed by atoms with Gasteiger partial charge < -0.3 is 10.6 Å². The largest absolute Gasteiger partial charge is 0.359 e. The molecule has 1 aliphatic carbocycles. The van der Waals surface area contributed by atoms with E-state index in [1.165, 1.54) is 16.5 Å². The van der Waals surface area contributed by atoms with Crippen molar-refractivity contribution in [2.45, 2.75) is 18.4 Å². The van der Waals surface area contributed by atoms with Crippen LogP contribution in [0.1, 0.15) is 17.9 Å². The zero-order chi connectivity index (χ0) is 11.5. The molecule has 3 nitrogen and oxygen atoms in total. The van der Waals surface area contributed by atoms with Crippen molar-refractivity contribution in [1.29, 1.82) is 0 Å². The number of hydrogen-bond acceptors (Lipinski definition) is 1. The van der Waals surface area contributed by atoms with E-state index >= 15 is 0 Å². The molecule has 0 amide bonds. The lowest BCUT2D eigenvalue weighted by molar-refractivity contribution is 0.830. The summed E-state index contributed by atoms with van der Waals surface area (Å²) in [5.41, 5.74) is 1.38. The molecule has 0 unspecified atom stereocenters. The summed E-state index contributed by atoms with van der Waals surface area (Å²) in [6.45, 7) is 0. The second-order valence-electron chi connectivity index (χ2n) is 3.94. The number of nitrogens with one attached hydrogen (secondary N) is 2. The van der Waals surface area contributed by atoms with Gasteiger partial charge in [-0.25, -0.2) is 0 Å². The third-order valence-electron chi connectivity index (χ3n) is 2.88. The molecule has 1 fully saturated rings. The Morgan fingerprint density at radius 2 is 2.19 bits per heavy atom. The molecule has 1 aromatic rings. The van der Waals surface area contributed by atoms with Crippen molar-refractivity contribution >= 4 is 21.9 Å². The fraction of sp³-hybridized carbons (Fsp3) is 0.417. The topological polar surface area (TPSA) is 36.4 Å². The van der Waals surface area contributed by atoms with Crippen LogP contribution < -0.4 is 10.6 Å². The normalized spacial score (nSPS) is 24.1. The van der Waals surface area contributed by atoms with Crippen LogP contribution in [0, 0.1) is 0 Å². The summed E-state index contributed by atoms with van der Waals surface area (Å²) in [7, 11) is 3.67. The van der Waals surface area contributed by atoms with Gasteiger partial charge in [0.05, 0.1) is 0 Å². The van der Waals surface area contributed by atoms with Crippen LogP contribution in [0.3, 0.4) is 0 Å². The SMILES string of the molecule is CN=C(NC)N[C@@H]1C[C@H]1c1ccccc1Br. The lowest BCUT2D eigenvalue weighted by Crippen LogP contribution is -2.36. The van der Waals surface area contributed by atoms with Crippen molar-refractivity contribution in [2.75, 3.05) is 14.1 Å². The molecule has 2 N–H and O–H groups in total. The van der Waals surface area contributed by atoms with Gasteiger partial charge in [-0.15, -0.1) is 0 Å². The van der Waals surface area contributed by atoms with Crippen LogP contribution in [-0.2, 0) is 0 Å². The van der Waals surface area contributed by atoms with Gasteiger partial charge in [-0.05, 0) is 18.1 Å². The molecule has 0 saturated heterocycles. The second-order valence-corrected chi connectivity index (χ2v) is 4.79. The molecule has 0 bridgehead atoms. The zero-order valence-corrected chi connectivity index (χ0v) is 11.1. The highest BCUT2D eigenvalue weighted by Crippen LogP contribution is 2.43. The van der Waals surface area contributed by atoms with Crippen LogP contribution in [0.25, 0.3) is 0 Å². The van der Waals surface area contributed by atoms with Crippen molar-refractivity contribution in [2.24, 2.45) is 4.99 Å². The average Bonchev–Trinajstić information content (AvgIpc) is 3.05. The van der Waals surface area contributed by atoms with E-state index in [0.29, 0.717) is 12.0 Å². The molecule has 0 heterocycles. The Bertz CT molecular complexity index is 403. The van der Waals surface area contributed by atoms with Gasteiger partial charge >= 0.3 is 0 Å². The van der Waals surface area contributed by atoms with Crippen molar-refractivity contribution in [3.8, 4) is 0 Å². The summed E-state index contributed by atoms with van der Waals surface area (Å²) in [6.07, 6.45) is 1.17. The third kappa shape index (κ3) is 2.38. The van der Waals surface area contributed by atoms with Crippen LogP contribution in [0.15, 0.2) is 33.7 Å². The van der Waals surface area contributed by atoms with E-state index in [4.69, 9.17) is 0 Å². The van der Waals surface area contributed by atoms with Gasteiger partial charge in [0, 0.05) is 30.5 Å². The summed E-state index contributed by atoms with van der Waals surface area (Å²) in [6, 6.07) is 8.91. The molecule has 0 aromatic heterocycles. The summed E-state index contributed by atoms with van der Waals surface area (Å²) < 4.78 is 1.20. The first-order chi connectivity index (χ1) is 7.76. The first kappa shape index (κ1) is 11.5. The average molecular weight is 282 g/mol. The smallest absolute Gasteiger partial charge is 0.190 e. The molecular formula is C12H16BrN3. The molecule has 0 radical (unpaired) electrons. The van der Waals surface area contributed by atoms with E-state index in [2.05, 4.69) is 49.8 Å². The number of halogens is 1. The summed E-state index contributed by atoms with van der Waals surface area (Å²) in [5, 5.41) is 6.42. The number of aliphatic imine (C=N–C) groups is 1. The monoisotopic (exact) mass is 281 g/mol. The van der Waals surface area contributed by atoms with E-state index in [0.717, 1.165) is 5.96 Å². The minimum absolute atomic E-state index is 0.504. The number of nitrogens with zero attached hydrogens (tertiary/aromatic N) is 1. The lowest BCUT2D eigenvalue weighted by Gasteiger charge is -2.08. The molecular weight excluding hydrogens is 266 g/mol. The fourth-order valence-corrected chi connectivity index (χ4v) is 2.48. The second kappa shape index (κ2) is 4.87. The van der Waals surface area contributed by atoms with Crippen LogP contribution in [0.2, 0.25) is 0 Å². The standard InChI is InChI=1S/C12H16BrN3/c1-14-12(15-2)16-11-7-9(11)8-5-3-4-6-10(8)13/h3-6,9,11H,7H2,1-2H3,(H2,14,15,16)/t9-,11+/m0/s1. The van der Waals surface area contributed by atoms with Crippen LogP contribution in [-0.4, -0.2) is 26.1 Å². The molecule has 2 atom stereocenters. The Morgan fingerprint density at radius 1 is 1.44 bits per heavy atom. The van der Waals surface area contributed by atoms with Crippen molar-refractivity contribution in [3.05, 3.63) is 34.3 Å². The molecule has 0 spiro atoms. The minimum Gasteiger partial charge on any atom is -0.359 e. The van der Waals surface area contributed by atoms with E-state index in [-0.39, 0.29) is 0 Å². The Labute approximate surface area is 104 Å². The molecule has 1 aromatic carbocycles. The quantitative estimate of drug-likeness (QED) is 0.644. The van der Waals surface area contributed by atoms with Crippen molar-refractivity contribution in [1.82, 2.24) is 10.6 Å². The predicted octanol–water partition coefficient (Wildman–Crippen LogP) is 2.10. The molecule has 4 heteroatoms. The first-order valence-electron chi connectivity index (χ1n) is 5.41. The van der Waals surface area contributed by atoms with Gasteiger partial charge in [0.15, 0.2) is 5.96 Å². The maximum atomic E-state index is 4.12. The van der Waals surface area contributed by atoms with Gasteiger partial charge in [-0.3, -0.25) is 4.99 Å². The summed E-state index contributed by atoms with van der Waals surface area (Å²) in [5.74, 6) is 1.46. The molecule has 86 valence electrons. The predicted molar refractivity (Wildman–Crippen MR) is 70.8 cm³/mol. The van der Waals surface area contributed by atoms with E-state index in [1.807, 2.05) is 13.1 Å². The summed E-state index contributed by atoms with van der Waals surface area (Å²) in [4.78, 5) is 4.12. The Balaban J connectivity index is 1.99. The van der Waals surface area contributed by atoms with Gasteiger partial charge in [0.25, 0.3) is 0 Å². The lowest BCUT2D eigenvalue weighted by atomic mass is 10.1. The van der Waals surface area contributed by atoms with Crippen LogP contribution in [0.5, 0.6) is 0 Å². The minimum atomic E-state index is 0.504. The van der Waals surface area contributed by atoms with Crippen LogP contribution in [0.4, 0.5) is 0 Å². The number of hydrogen-bond donors (Lipinski definition) is 2.